The summed E-state index contributed by atoms with van der Waals surface area (Å²) in [6.45, 7) is 7.92. The molecule has 2 aromatic heterocycles. The van der Waals surface area contributed by atoms with E-state index in [2.05, 4.69) is 36.6 Å². The SMILES string of the molecule is CCN(CC)C(=O)Cn1cccc1-c1nc(-c2ccc(C)cc2)cs1. The highest BCUT2D eigenvalue weighted by Crippen LogP contribution is 2.29. The van der Waals surface area contributed by atoms with E-state index in [9.17, 15) is 4.79 Å². The van der Waals surface area contributed by atoms with Crippen LogP contribution in [-0.2, 0) is 11.3 Å². The Kier molecular flexibility index (Phi) is 5.34. The van der Waals surface area contributed by atoms with Crippen molar-refractivity contribution in [3.63, 3.8) is 0 Å². The van der Waals surface area contributed by atoms with Crippen molar-refractivity contribution >= 4 is 17.2 Å². The quantitative estimate of drug-likeness (QED) is 0.656. The van der Waals surface area contributed by atoms with Crippen molar-refractivity contribution in [1.82, 2.24) is 14.5 Å². The van der Waals surface area contributed by atoms with Crippen LogP contribution in [0.4, 0.5) is 0 Å². The van der Waals surface area contributed by atoms with Gasteiger partial charge >= 0.3 is 0 Å². The van der Waals surface area contributed by atoms with Gasteiger partial charge < -0.3 is 9.47 Å². The average molecular weight is 353 g/mol. The third-order valence-corrected chi connectivity index (χ3v) is 5.19. The van der Waals surface area contributed by atoms with Crippen LogP contribution in [0.15, 0.2) is 48.0 Å². The van der Waals surface area contributed by atoms with Crippen molar-refractivity contribution in [2.45, 2.75) is 27.3 Å². The largest absolute Gasteiger partial charge is 0.342 e. The maximum Gasteiger partial charge on any atom is 0.242 e. The number of benzene rings is 1. The minimum absolute atomic E-state index is 0.137. The fourth-order valence-corrected chi connectivity index (χ4v) is 3.69. The Hall–Kier alpha value is -2.40. The molecule has 0 unspecified atom stereocenters. The van der Waals surface area contributed by atoms with Gasteiger partial charge in [0.1, 0.15) is 11.6 Å². The van der Waals surface area contributed by atoms with Crippen LogP contribution in [0.3, 0.4) is 0 Å². The highest BCUT2D eigenvalue weighted by Gasteiger charge is 2.15. The van der Waals surface area contributed by atoms with Crippen molar-refractivity contribution in [1.29, 1.82) is 0 Å². The van der Waals surface area contributed by atoms with Gasteiger partial charge in [0.05, 0.1) is 11.4 Å². The van der Waals surface area contributed by atoms with Crippen LogP contribution < -0.4 is 0 Å². The number of carbonyl (C=O) groups excluding carboxylic acids is 1. The number of aromatic nitrogens is 2. The van der Waals surface area contributed by atoms with Crippen LogP contribution in [0.2, 0.25) is 0 Å². The number of likely N-dealkylation sites (N-methyl/N-ethyl adjacent to an activating group) is 1. The van der Waals surface area contributed by atoms with Gasteiger partial charge in [0.25, 0.3) is 0 Å². The first-order valence-corrected chi connectivity index (χ1v) is 9.46. The second-order valence-electron chi connectivity index (χ2n) is 5.99. The van der Waals surface area contributed by atoms with Crippen molar-refractivity contribution in [3.8, 4) is 22.0 Å². The fourth-order valence-electron chi connectivity index (χ4n) is 2.82. The lowest BCUT2D eigenvalue weighted by Gasteiger charge is -2.19. The number of nitrogens with zero attached hydrogens (tertiary/aromatic N) is 3. The van der Waals surface area contributed by atoms with Gasteiger partial charge in [-0.15, -0.1) is 11.3 Å². The molecule has 130 valence electrons. The number of thiazole rings is 1. The third-order valence-electron chi connectivity index (χ3n) is 4.32. The maximum atomic E-state index is 12.4. The van der Waals surface area contributed by atoms with E-state index in [1.54, 1.807) is 11.3 Å². The summed E-state index contributed by atoms with van der Waals surface area (Å²) in [5.74, 6) is 0.137. The zero-order valence-corrected chi connectivity index (χ0v) is 15.7. The lowest BCUT2D eigenvalue weighted by molar-refractivity contribution is -0.131. The topological polar surface area (TPSA) is 38.1 Å². The highest BCUT2D eigenvalue weighted by atomic mass is 32.1. The Labute approximate surface area is 152 Å². The maximum absolute atomic E-state index is 12.4. The number of amides is 1. The molecule has 0 aliphatic heterocycles. The molecule has 3 aromatic rings. The van der Waals surface area contributed by atoms with E-state index in [1.165, 1.54) is 5.56 Å². The number of carbonyl (C=O) groups is 1. The van der Waals surface area contributed by atoms with Gasteiger partial charge in [0.15, 0.2) is 0 Å². The molecule has 0 N–H and O–H groups in total. The molecular formula is C20H23N3OS. The standard InChI is InChI=1S/C20H23N3OS/c1-4-22(5-2)19(24)13-23-12-6-7-18(23)20-21-17(14-25-20)16-10-8-15(3)9-11-16/h6-12,14H,4-5,13H2,1-3H3. The van der Waals surface area contributed by atoms with Crippen LogP contribution in [-0.4, -0.2) is 33.4 Å². The van der Waals surface area contributed by atoms with Gasteiger partial charge in [0.2, 0.25) is 5.91 Å². The summed E-state index contributed by atoms with van der Waals surface area (Å²) < 4.78 is 1.98. The Morgan fingerprint density at radius 2 is 1.88 bits per heavy atom. The monoisotopic (exact) mass is 353 g/mol. The zero-order valence-electron chi connectivity index (χ0n) is 14.9. The molecule has 1 amide bonds. The predicted molar refractivity (Wildman–Crippen MR) is 104 cm³/mol. The molecule has 0 bridgehead atoms. The lowest BCUT2D eigenvalue weighted by Crippen LogP contribution is -2.33. The Morgan fingerprint density at radius 3 is 2.56 bits per heavy atom. The summed E-state index contributed by atoms with van der Waals surface area (Å²) >= 11 is 1.61. The average Bonchev–Trinajstić information content (AvgIpc) is 3.25. The summed E-state index contributed by atoms with van der Waals surface area (Å²) in [6, 6.07) is 12.4. The van der Waals surface area contributed by atoms with Crippen molar-refractivity contribution in [3.05, 3.63) is 53.5 Å². The van der Waals surface area contributed by atoms with Gasteiger partial charge in [-0.05, 0) is 32.9 Å². The first kappa shape index (κ1) is 17.4. The summed E-state index contributed by atoms with van der Waals surface area (Å²) in [5.41, 5.74) is 4.32. The van der Waals surface area contributed by atoms with E-state index in [4.69, 9.17) is 4.98 Å². The number of aryl methyl sites for hydroxylation is 1. The van der Waals surface area contributed by atoms with E-state index in [0.29, 0.717) is 6.54 Å². The van der Waals surface area contributed by atoms with Crippen LogP contribution >= 0.6 is 11.3 Å². The normalized spacial score (nSPS) is 10.8. The molecule has 4 nitrogen and oxygen atoms in total. The van der Waals surface area contributed by atoms with E-state index in [1.807, 2.05) is 41.6 Å². The van der Waals surface area contributed by atoms with Gasteiger partial charge in [-0.1, -0.05) is 29.8 Å². The molecule has 25 heavy (non-hydrogen) atoms. The molecule has 1 aromatic carbocycles. The second kappa shape index (κ2) is 7.66. The van der Waals surface area contributed by atoms with E-state index >= 15 is 0 Å². The predicted octanol–water partition coefficient (Wildman–Crippen LogP) is 4.46. The fraction of sp³-hybridized carbons (Fsp3) is 0.300. The van der Waals surface area contributed by atoms with Crippen molar-refractivity contribution < 1.29 is 4.79 Å². The molecular weight excluding hydrogens is 330 g/mol. The molecule has 0 fully saturated rings. The summed E-state index contributed by atoms with van der Waals surface area (Å²) in [5, 5.41) is 3.01. The smallest absolute Gasteiger partial charge is 0.242 e. The first-order valence-electron chi connectivity index (χ1n) is 8.58. The second-order valence-corrected chi connectivity index (χ2v) is 6.85. The summed E-state index contributed by atoms with van der Waals surface area (Å²) in [7, 11) is 0. The van der Waals surface area contributed by atoms with Crippen molar-refractivity contribution in [2.24, 2.45) is 0 Å². The number of hydrogen-bond acceptors (Lipinski definition) is 3. The van der Waals surface area contributed by atoms with Crippen LogP contribution in [0.5, 0.6) is 0 Å². The van der Waals surface area contributed by atoms with E-state index in [-0.39, 0.29) is 5.91 Å². The van der Waals surface area contributed by atoms with Crippen LogP contribution in [0, 0.1) is 6.92 Å². The molecule has 0 spiro atoms. The lowest BCUT2D eigenvalue weighted by atomic mass is 10.1. The third kappa shape index (κ3) is 3.82. The minimum atomic E-state index is 0.137. The van der Waals surface area contributed by atoms with E-state index < -0.39 is 0 Å². The Morgan fingerprint density at radius 1 is 1.16 bits per heavy atom. The van der Waals surface area contributed by atoms with E-state index in [0.717, 1.165) is 35.0 Å². The Bertz CT molecular complexity index is 844. The van der Waals surface area contributed by atoms with Crippen LogP contribution in [0.25, 0.3) is 22.0 Å². The highest BCUT2D eigenvalue weighted by molar-refractivity contribution is 7.13. The number of rotatable bonds is 6. The minimum Gasteiger partial charge on any atom is -0.342 e. The summed E-state index contributed by atoms with van der Waals surface area (Å²) in [6.07, 6.45) is 1.95. The number of hydrogen-bond donors (Lipinski definition) is 0. The van der Waals surface area contributed by atoms with Gasteiger partial charge in [-0.25, -0.2) is 4.98 Å². The molecule has 0 radical (unpaired) electrons. The molecule has 0 aliphatic rings. The first-order chi connectivity index (χ1) is 12.1. The van der Waals surface area contributed by atoms with Crippen LogP contribution in [0.1, 0.15) is 19.4 Å². The molecule has 2 heterocycles. The van der Waals surface area contributed by atoms with Gasteiger partial charge in [-0.2, -0.15) is 0 Å². The zero-order chi connectivity index (χ0) is 17.8. The molecule has 0 aliphatic carbocycles. The molecule has 3 rings (SSSR count). The summed E-state index contributed by atoms with van der Waals surface area (Å²) in [4.78, 5) is 19.0. The molecule has 0 saturated carbocycles. The molecule has 0 saturated heterocycles. The molecule has 0 atom stereocenters. The van der Waals surface area contributed by atoms with Crippen molar-refractivity contribution in [2.75, 3.05) is 13.1 Å². The molecule has 5 heteroatoms. The van der Waals surface area contributed by atoms with Gasteiger partial charge in [0, 0.05) is 30.2 Å². The van der Waals surface area contributed by atoms with Gasteiger partial charge in [-0.3, -0.25) is 4.79 Å². The Balaban J connectivity index is 1.83.